The second kappa shape index (κ2) is 7.51. The van der Waals surface area contributed by atoms with E-state index in [1.54, 1.807) is 0 Å². The molecular formula is C18H21NOS. The Morgan fingerprint density at radius 3 is 2.57 bits per heavy atom. The Bertz CT molecular complexity index is 552. The number of aromatic nitrogens is 1. The van der Waals surface area contributed by atoms with Crippen molar-refractivity contribution in [2.24, 2.45) is 0 Å². The van der Waals surface area contributed by atoms with E-state index in [0.29, 0.717) is 6.61 Å². The van der Waals surface area contributed by atoms with Crippen molar-refractivity contribution >= 4 is 11.8 Å². The molecular weight excluding hydrogens is 278 g/mol. The molecule has 3 heteroatoms. The van der Waals surface area contributed by atoms with Crippen molar-refractivity contribution in [2.75, 3.05) is 0 Å². The number of pyridine rings is 1. The molecule has 2 aromatic rings. The Hall–Kier alpha value is -1.48. The van der Waals surface area contributed by atoms with Crippen LogP contribution in [0.1, 0.15) is 37.7 Å². The SMILES string of the molecule is c1ccc(COc2cccc(SC3CCCCC3)n2)cc1. The van der Waals surface area contributed by atoms with E-state index < -0.39 is 0 Å². The molecule has 0 N–H and O–H groups in total. The van der Waals surface area contributed by atoms with Gasteiger partial charge in [0.1, 0.15) is 11.6 Å². The molecule has 0 aliphatic heterocycles. The van der Waals surface area contributed by atoms with Gasteiger partial charge >= 0.3 is 0 Å². The molecule has 1 fully saturated rings. The van der Waals surface area contributed by atoms with Crippen LogP contribution >= 0.6 is 11.8 Å². The third-order valence-corrected chi connectivity index (χ3v) is 5.04. The molecule has 0 spiro atoms. The van der Waals surface area contributed by atoms with Crippen LogP contribution in [0.3, 0.4) is 0 Å². The molecule has 0 radical (unpaired) electrons. The van der Waals surface area contributed by atoms with Gasteiger partial charge in [-0.3, -0.25) is 0 Å². The maximum Gasteiger partial charge on any atom is 0.214 e. The average Bonchev–Trinajstić information content (AvgIpc) is 2.55. The van der Waals surface area contributed by atoms with Crippen LogP contribution in [0.5, 0.6) is 5.88 Å². The minimum absolute atomic E-state index is 0.575. The van der Waals surface area contributed by atoms with Crippen LogP contribution in [0.15, 0.2) is 53.6 Å². The predicted octanol–water partition coefficient (Wildman–Crippen LogP) is 5.09. The Balaban J connectivity index is 1.57. The van der Waals surface area contributed by atoms with Gasteiger partial charge in [0.15, 0.2) is 0 Å². The molecule has 3 rings (SSSR count). The van der Waals surface area contributed by atoms with Crippen molar-refractivity contribution in [2.45, 2.75) is 49.0 Å². The normalized spacial score (nSPS) is 15.8. The lowest BCUT2D eigenvalue weighted by atomic mass is 10.0. The number of ether oxygens (including phenoxy) is 1. The lowest BCUT2D eigenvalue weighted by Crippen LogP contribution is -2.08. The molecule has 110 valence electrons. The Morgan fingerprint density at radius 2 is 1.76 bits per heavy atom. The first-order valence-corrected chi connectivity index (χ1v) is 8.58. The van der Waals surface area contributed by atoms with Crippen molar-refractivity contribution in [3.63, 3.8) is 0 Å². The summed E-state index contributed by atoms with van der Waals surface area (Å²) in [7, 11) is 0. The number of rotatable bonds is 5. The molecule has 1 heterocycles. The fourth-order valence-electron chi connectivity index (χ4n) is 2.63. The summed E-state index contributed by atoms with van der Waals surface area (Å²) in [6.07, 6.45) is 6.76. The summed E-state index contributed by atoms with van der Waals surface area (Å²) in [5.74, 6) is 0.722. The highest BCUT2D eigenvalue weighted by Gasteiger charge is 2.15. The number of nitrogens with zero attached hydrogens (tertiary/aromatic N) is 1. The van der Waals surface area contributed by atoms with E-state index in [-0.39, 0.29) is 0 Å². The second-order valence-electron chi connectivity index (χ2n) is 5.47. The maximum absolute atomic E-state index is 5.80. The smallest absolute Gasteiger partial charge is 0.214 e. The van der Waals surface area contributed by atoms with E-state index in [4.69, 9.17) is 4.74 Å². The van der Waals surface area contributed by atoms with Crippen LogP contribution in [-0.2, 0) is 6.61 Å². The van der Waals surface area contributed by atoms with E-state index >= 15 is 0 Å². The molecule has 1 saturated carbocycles. The molecule has 1 aliphatic rings. The first-order chi connectivity index (χ1) is 10.4. The zero-order valence-electron chi connectivity index (χ0n) is 12.2. The van der Waals surface area contributed by atoms with Crippen LogP contribution in [0, 0.1) is 0 Å². The molecule has 1 aromatic carbocycles. The van der Waals surface area contributed by atoms with Gasteiger partial charge in [-0.2, -0.15) is 0 Å². The number of hydrogen-bond donors (Lipinski definition) is 0. The molecule has 0 atom stereocenters. The summed E-state index contributed by atoms with van der Waals surface area (Å²) in [6, 6.07) is 16.3. The van der Waals surface area contributed by atoms with Crippen LogP contribution in [-0.4, -0.2) is 10.2 Å². The lowest BCUT2D eigenvalue weighted by molar-refractivity contribution is 0.292. The summed E-state index contributed by atoms with van der Waals surface area (Å²) in [4.78, 5) is 4.62. The molecule has 21 heavy (non-hydrogen) atoms. The fourth-order valence-corrected chi connectivity index (χ4v) is 3.84. The van der Waals surface area contributed by atoms with E-state index in [0.717, 1.165) is 16.2 Å². The molecule has 0 saturated heterocycles. The van der Waals surface area contributed by atoms with Crippen molar-refractivity contribution in [3.8, 4) is 5.88 Å². The third-order valence-electron chi connectivity index (χ3n) is 3.77. The predicted molar refractivity (Wildman–Crippen MR) is 87.7 cm³/mol. The van der Waals surface area contributed by atoms with Gasteiger partial charge in [0.25, 0.3) is 0 Å². The van der Waals surface area contributed by atoms with E-state index in [1.807, 2.05) is 42.1 Å². The first-order valence-electron chi connectivity index (χ1n) is 7.70. The van der Waals surface area contributed by atoms with E-state index in [9.17, 15) is 0 Å². The lowest BCUT2D eigenvalue weighted by Gasteiger charge is -2.20. The van der Waals surface area contributed by atoms with Gasteiger partial charge in [-0.15, -0.1) is 11.8 Å². The summed E-state index contributed by atoms with van der Waals surface area (Å²) >= 11 is 1.91. The highest BCUT2D eigenvalue weighted by Crippen LogP contribution is 2.33. The minimum Gasteiger partial charge on any atom is -0.473 e. The summed E-state index contributed by atoms with van der Waals surface area (Å²) in [6.45, 7) is 0.575. The van der Waals surface area contributed by atoms with Crippen LogP contribution in [0.25, 0.3) is 0 Å². The fraction of sp³-hybridized carbons (Fsp3) is 0.389. The largest absolute Gasteiger partial charge is 0.473 e. The Labute approximate surface area is 130 Å². The van der Waals surface area contributed by atoms with Gasteiger partial charge in [-0.1, -0.05) is 55.7 Å². The molecule has 0 amide bonds. The second-order valence-corrected chi connectivity index (χ2v) is 6.79. The van der Waals surface area contributed by atoms with Gasteiger partial charge in [-0.25, -0.2) is 4.98 Å². The highest BCUT2D eigenvalue weighted by molar-refractivity contribution is 7.99. The molecule has 1 aliphatic carbocycles. The average molecular weight is 299 g/mol. The summed E-state index contributed by atoms with van der Waals surface area (Å²) < 4.78 is 5.80. The van der Waals surface area contributed by atoms with Crippen molar-refractivity contribution in [1.82, 2.24) is 4.98 Å². The molecule has 0 unspecified atom stereocenters. The van der Waals surface area contributed by atoms with Gasteiger partial charge < -0.3 is 4.74 Å². The monoisotopic (exact) mass is 299 g/mol. The first kappa shape index (κ1) is 14.5. The minimum atomic E-state index is 0.575. The number of hydrogen-bond acceptors (Lipinski definition) is 3. The standard InChI is InChI=1S/C18H21NOS/c1-3-8-15(9-4-1)14-20-17-12-7-13-18(19-17)21-16-10-5-2-6-11-16/h1,3-4,7-9,12-13,16H,2,5-6,10-11,14H2. The Kier molecular flexibility index (Phi) is 5.17. The topological polar surface area (TPSA) is 22.1 Å². The van der Waals surface area contributed by atoms with E-state index in [1.165, 1.54) is 37.7 Å². The van der Waals surface area contributed by atoms with Crippen LogP contribution in [0.2, 0.25) is 0 Å². The molecule has 0 bridgehead atoms. The third kappa shape index (κ3) is 4.50. The van der Waals surface area contributed by atoms with Crippen LogP contribution in [0.4, 0.5) is 0 Å². The quantitative estimate of drug-likeness (QED) is 0.768. The summed E-state index contributed by atoms with van der Waals surface area (Å²) in [5.41, 5.74) is 1.17. The van der Waals surface area contributed by atoms with Gasteiger partial charge in [-0.05, 0) is 24.5 Å². The zero-order valence-corrected chi connectivity index (χ0v) is 13.0. The van der Waals surface area contributed by atoms with Crippen molar-refractivity contribution in [1.29, 1.82) is 0 Å². The zero-order chi connectivity index (χ0) is 14.3. The summed E-state index contributed by atoms with van der Waals surface area (Å²) in [5, 5.41) is 1.82. The van der Waals surface area contributed by atoms with Crippen molar-refractivity contribution in [3.05, 3.63) is 54.1 Å². The maximum atomic E-state index is 5.80. The van der Waals surface area contributed by atoms with E-state index in [2.05, 4.69) is 23.2 Å². The van der Waals surface area contributed by atoms with Gasteiger partial charge in [0, 0.05) is 11.3 Å². The Morgan fingerprint density at radius 1 is 0.952 bits per heavy atom. The number of thioether (sulfide) groups is 1. The van der Waals surface area contributed by atoms with Gasteiger partial charge in [0.05, 0.1) is 0 Å². The number of benzene rings is 1. The van der Waals surface area contributed by atoms with Gasteiger partial charge in [0.2, 0.25) is 5.88 Å². The molecule has 2 nitrogen and oxygen atoms in total. The van der Waals surface area contributed by atoms with Crippen LogP contribution < -0.4 is 4.74 Å². The van der Waals surface area contributed by atoms with Crippen molar-refractivity contribution < 1.29 is 4.74 Å². The molecule has 1 aromatic heterocycles. The highest BCUT2D eigenvalue weighted by atomic mass is 32.2.